The fourth-order valence-corrected chi connectivity index (χ4v) is 3.03. The molecule has 1 aliphatic rings. The lowest BCUT2D eigenvalue weighted by atomic mass is 10.2. The normalized spacial score (nSPS) is 13.8. The summed E-state index contributed by atoms with van der Waals surface area (Å²) in [6.07, 6.45) is 5.33. The van der Waals surface area contributed by atoms with Gasteiger partial charge in [-0.25, -0.2) is 4.98 Å². The summed E-state index contributed by atoms with van der Waals surface area (Å²) >= 11 is 1.46. The average Bonchev–Trinajstić information content (AvgIpc) is 3.24. The van der Waals surface area contributed by atoms with Crippen LogP contribution in [0.4, 0.5) is 0 Å². The van der Waals surface area contributed by atoms with Crippen molar-refractivity contribution in [1.29, 1.82) is 0 Å². The summed E-state index contributed by atoms with van der Waals surface area (Å²) in [4.78, 5) is 33.1. The molecule has 1 aliphatic carbocycles. The topological polar surface area (TPSA) is 83.4 Å². The van der Waals surface area contributed by atoms with E-state index >= 15 is 0 Å². The van der Waals surface area contributed by atoms with Crippen LogP contribution in [0.5, 0.6) is 0 Å². The van der Waals surface area contributed by atoms with Crippen molar-refractivity contribution in [1.82, 2.24) is 14.9 Å². The van der Waals surface area contributed by atoms with Gasteiger partial charge in [0.1, 0.15) is 11.6 Å². The Morgan fingerprint density at radius 1 is 1.41 bits per heavy atom. The number of carboxylic acid groups (broad SMARTS) is 1. The van der Waals surface area contributed by atoms with E-state index in [1.165, 1.54) is 16.2 Å². The number of carboxylic acids is 1. The molecule has 114 valence electrons. The Morgan fingerprint density at radius 3 is 2.86 bits per heavy atom. The first kappa shape index (κ1) is 14.6. The lowest BCUT2D eigenvalue weighted by Gasteiger charge is -2.19. The molecule has 1 fully saturated rings. The van der Waals surface area contributed by atoms with Gasteiger partial charge in [-0.15, -0.1) is 11.3 Å². The zero-order valence-corrected chi connectivity index (χ0v) is 12.6. The molecule has 0 aromatic carbocycles. The minimum absolute atomic E-state index is 0.0834. The molecule has 0 bridgehead atoms. The molecule has 0 saturated heterocycles. The lowest BCUT2D eigenvalue weighted by Crippen LogP contribution is -2.38. The van der Waals surface area contributed by atoms with Gasteiger partial charge in [-0.05, 0) is 25.0 Å². The van der Waals surface area contributed by atoms with Crippen molar-refractivity contribution in [3.8, 4) is 10.6 Å². The Bertz CT molecular complexity index is 682. The van der Waals surface area contributed by atoms with Gasteiger partial charge in [-0.1, -0.05) is 0 Å². The number of hydrogen-bond acceptors (Lipinski definition) is 5. The van der Waals surface area contributed by atoms with E-state index in [4.69, 9.17) is 5.11 Å². The van der Waals surface area contributed by atoms with E-state index in [9.17, 15) is 9.59 Å². The number of carbonyl (C=O) groups is 2. The highest BCUT2D eigenvalue weighted by molar-refractivity contribution is 7.13. The maximum absolute atomic E-state index is 12.3. The van der Waals surface area contributed by atoms with Gasteiger partial charge in [0.15, 0.2) is 0 Å². The Labute approximate surface area is 131 Å². The largest absolute Gasteiger partial charge is 0.480 e. The van der Waals surface area contributed by atoms with Gasteiger partial charge in [0.05, 0.1) is 12.1 Å². The van der Waals surface area contributed by atoms with E-state index in [0.29, 0.717) is 5.69 Å². The summed E-state index contributed by atoms with van der Waals surface area (Å²) in [5, 5.41) is 11.6. The number of carbonyl (C=O) groups excluding carboxylic acids is 1. The summed E-state index contributed by atoms with van der Waals surface area (Å²) in [5.74, 6) is -1.15. The van der Waals surface area contributed by atoms with Gasteiger partial charge in [0, 0.05) is 29.4 Å². The molecule has 22 heavy (non-hydrogen) atoms. The van der Waals surface area contributed by atoms with Crippen LogP contribution in [0.1, 0.15) is 18.5 Å². The molecule has 0 spiro atoms. The number of nitrogens with zero attached hydrogens (tertiary/aromatic N) is 3. The van der Waals surface area contributed by atoms with E-state index < -0.39 is 5.97 Å². The van der Waals surface area contributed by atoms with Crippen LogP contribution < -0.4 is 0 Å². The second-order valence-electron chi connectivity index (χ2n) is 5.21. The first-order valence-electron chi connectivity index (χ1n) is 6.99. The molecular formula is C15H15N3O3S. The molecule has 2 aromatic heterocycles. The van der Waals surface area contributed by atoms with Crippen molar-refractivity contribution in [2.24, 2.45) is 0 Å². The van der Waals surface area contributed by atoms with E-state index in [2.05, 4.69) is 9.97 Å². The van der Waals surface area contributed by atoms with Crippen LogP contribution in [-0.2, 0) is 16.0 Å². The second-order valence-corrected chi connectivity index (χ2v) is 6.07. The molecule has 0 unspecified atom stereocenters. The predicted octanol–water partition coefficient (Wildman–Crippen LogP) is 1.82. The van der Waals surface area contributed by atoms with Crippen molar-refractivity contribution in [2.75, 3.05) is 6.54 Å². The van der Waals surface area contributed by atoms with E-state index in [-0.39, 0.29) is 24.9 Å². The molecule has 2 heterocycles. The molecule has 0 atom stereocenters. The number of rotatable bonds is 6. The van der Waals surface area contributed by atoms with Crippen molar-refractivity contribution >= 4 is 23.2 Å². The fraction of sp³-hybridized carbons (Fsp3) is 0.333. The minimum atomic E-state index is -0.977. The Morgan fingerprint density at radius 2 is 2.23 bits per heavy atom. The van der Waals surface area contributed by atoms with E-state index in [1.54, 1.807) is 12.4 Å². The maximum Gasteiger partial charge on any atom is 0.323 e. The fourth-order valence-electron chi connectivity index (χ4n) is 2.22. The number of aromatic nitrogens is 2. The predicted molar refractivity (Wildman–Crippen MR) is 81.4 cm³/mol. The zero-order valence-electron chi connectivity index (χ0n) is 11.8. The van der Waals surface area contributed by atoms with Gasteiger partial charge < -0.3 is 10.0 Å². The van der Waals surface area contributed by atoms with Gasteiger partial charge in [-0.3, -0.25) is 14.6 Å². The van der Waals surface area contributed by atoms with E-state index in [0.717, 1.165) is 23.4 Å². The van der Waals surface area contributed by atoms with Crippen molar-refractivity contribution < 1.29 is 14.7 Å². The maximum atomic E-state index is 12.3. The van der Waals surface area contributed by atoms with Crippen molar-refractivity contribution in [3.63, 3.8) is 0 Å². The zero-order chi connectivity index (χ0) is 15.5. The van der Waals surface area contributed by atoms with E-state index in [1.807, 2.05) is 17.5 Å². The monoisotopic (exact) mass is 317 g/mol. The Balaban J connectivity index is 1.69. The third kappa shape index (κ3) is 3.48. The van der Waals surface area contributed by atoms with Crippen LogP contribution in [0.15, 0.2) is 29.9 Å². The highest BCUT2D eigenvalue weighted by Crippen LogP contribution is 2.28. The van der Waals surface area contributed by atoms with Gasteiger partial charge in [0.25, 0.3) is 0 Å². The van der Waals surface area contributed by atoms with Crippen molar-refractivity contribution in [2.45, 2.75) is 25.3 Å². The molecule has 0 radical (unpaired) electrons. The molecule has 1 N–H and O–H groups in total. The van der Waals surface area contributed by atoms with Crippen LogP contribution in [0.3, 0.4) is 0 Å². The molecule has 7 heteroatoms. The summed E-state index contributed by atoms with van der Waals surface area (Å²) in [6, 6.07) is 3.83. The molecular weight excluding hydrogens is 302 g/mol. The quantitative estimate of drug-likeness (QED) is 0.878. The first-order valence-corrected chi connectivity index (χ1v) is 7.87. The average molecular weight is 317 g/mol. The molecule has 2 aromatic rings. The van der Waals surface area contributed by atoms with Crippen LogP contribution in [0.2, 0.25) is 0 Å². The molecule has 3 rings (SSSR count). The smallest absolute Gasteiger partial charge is 0.323 e. The number of pyridine rings is 1. The summed E-state index contributed by atoms with van der Waals surface area (Å²) in [5.41, 5.74) is 1.58. The second kappa shape index (κ2) is 6.23. The van der Waals surface area contributed by atoms with Gasteiger partial charge >= 0.3 is 5.97 Å². The molecule has 1 saturated carbocycles. The molecule has 1 amide bonds. The van der Waals surface area contributed by atoms with Crippen LogP contribution in [0.25, 0.3) is 10.6 Å². The Kier molecular flexibility index (Phi) is 4.15. The van der Waals surface area contributed by atoms with Crippen LogP contribution in [-0.4, -0.2) is 44.4 Å². The summed E-state index contributed by atoms with van der Waals surface area (Å²) in [7, 11) is 0. The highest BCUT2D eigenvalue weighted by atomic mass is 32.1. The SMILES string of the molecule is O=C(O)CN(C(=O)Cc1csc(-c2cccnc2)n1)C1CC1. The summed E-state index contributed by atoms with van der Waals surface area (Å²) < 4.78 is 0. The molecule has 6 nitrogen and oxygen atoms in total. The summed E-state index contributed by atoms with van der Waals surface area (Å²) in [6.45, 7) is -0.233. The number of hydrogen-bond donors (Lipinski definition) is 1. The van der Waals surface area contributed by atoms with Gasteiger partial charge in [-0.2, -0.15) is 0 Å². The van der Waals surface area contributed by atoms with Crippen LogP contribution in [0, 0.1) is 0 Å². The third-order valence-electron chi connectivity index (χ3n) is 3.41. The van der Waals surface area contributed by atoms with Gasteiger partial charge in [0.2, 0.25) is 5.91 Å². The first-order chi connectivity index (χ1) is 10.6. The minimum Gasteiger partial charge on any atom is -0.480 e. The third-order valence-corrected chi connectivity index (χ3v) is 4.35. The number of aliphatic carboxylic acids is 1. The highest BCUT2D eigenvalue weighted by Gasteiger charge is 2.33. The number of amides is 1. The van der Waals surface area contributed by atoms with Crippen LogP contribution >= 0.6 is 11.3 Å². The molecule has 0 aliphatic heterocycles. The lowest BCUT2D eigenvalue weighted by molar-refractivity contribution is -0.144. The Hall–Kier alpha value is -2.28. The number of thiazole rings is 1. The standard InChI is InChI=1S/C15H15N3O3S/c19-13(18(8-14(20)21)12-3-4-12)6-11-9-22-15(17-11)10-2-1-5-16-7-10/h1-2,5,7,9,12H,3-4,6,8H2,(H,20,21). The van der Waals surface area contributed by atoms with Crippen molar-refractivity contribution in [3.05, 3.63) is 35.6 Å².